The summed E-state index contributed by atoms with van der Waals surface area (Å²) in [5, 5.41) is 0. The zero-order valence-electron chi connectivity index (χ0n) is 8.76. The molecule has 0 N–H and O–H groups in total. The molecule has 1 aliphatic carbocycles. The van der Waals surface area contributed by atoms with E-state index in [4.69, 9.17) is 0 Å². The number of fused-ring (bicyclic) bond motifs is 1. The van der Waals surface area contributed by atoms with Gasteiger partial charge < -0.3 is 4.90 Å². The summed E-state index contributed by atoms with van der Waals surface area (Å²) in [4.78, 5) is 2.34. The van der Waals surface area contributed by atoms with Gasteiger partial charge in [0.15, 0.2) is 0 Å². The molecule has 0 bridgehead atoms. The minimum atomic E-state index is 0.709. The first-order valence-electron chi connectivity index (χ1n) is 5.11. The molecule has 1 aromatic carbocycles. The van der Waals surface area contributed by atoms with Gasteiger partial charge in [-0.3, -0.25) is 0 Å². The molecule has 0 spiro atoms. The number of likely N-dealkylation sites (N-methyl/N-ethyl adjacent to an activating group) is 1. The maximum atomic E-state index is 3.64. The molecule has 14 heavy (non-hydrogen) atoms. The third kappa shape index (κ3) is 1.86. The van der Waals surface area contributed by atoms with Gasteiger partial charge in [0.05, 0.1) is 0 Å². The lowest BCUT2D eigenvalue weighted by Crippen LogP contribution is -2.33. The first-order chi connectivity index (χ1) is 6.68. The Balaban J connectivity index is 2.29. The fourth-order valence-electron chi connectivity index (χ4n) is 2.17. The van der Waals surface area contributed by atoms with Gasteiger partial charge in [-0.1, -0.05) is 28.1 Å². The van der Waals surface area contributed by atoms with Crippen LogP contribution in [0, 0.1) is 0 Å². The molecular formula is C12H16BrN. The number of hydrogen-bond donors (Lipinski definition) is 0. The minimum absolute atomic E-state index is 0.709. The second kappa shape index (κ2) is 4.03. The number of halogens is 1. The van der Waals surface area contributed by atoms with Crippen LogP contribution in [0.15, 0.2) is 22.7 Å². The van der Waals surface area contributed by atoms with Crippen molar-refractivity contribution in [3.05, 3.63) is 33.8 Å². The number of benzene rings is 1. The van der Waals surface area contributed by atoms with Crippen molar-refractivity contribution in [2.45, 2.75) is 25.3 Å². The molecule has 2 rings (SSSR count). The summed E-state index contributed by atoms with van der Waals surface area (Å²) in [6, 6.07) is 7.25. The first-order valence-corrected chi connectivity index (χ1v) is 5.90. The van der Waals surface area contributed by atoms with Crippen molar-refractivity contribution in [3.8, 4) is 0 Å². The highest BCUT2D eigenvalue weighted by Crippen LogP contribution is 2.29. The number of nitrogens with zero attached hydrogens (tertiary/aromatic N) is 1. The SMILES string of the molecule is CN(C)C1CCc2cccc(Br)c2C1. The van der Waals surface area contributed by atoms with Gasteiger partial charge in [0.25, 0.3) is 0 Å². The van der Waals surface area contributed by atoms with Crippen LogP contribution in [0.1, 0.15) is 17.5 Å². The molecule has 76 valence electrons. The van der Waals surface area contributed by atoms with E-state index in [1.165, 1.54) is 34.9 Å². The van der Waals surface area contributed by atoms with Crippen LogP contribution in [-0.2, 0) is 12.8 Å². The number of rotatable bonds is 1. The van der Waals surface area contributed by atoms with Crippen LogP contribution in [0.3, 0.4) is 0 Å². The summed E-state index contributed by atoms with van der Waals surface area (Å²) >= 11 is 3.64. The predicted molar refractivity (Wildman–Crippen MR) is 63.6 cm³/mol. The molecule has 0 aliphatic heterocycles. The summed E-state index contributed by atoms with van der Waals surface area (Å²) in [6.45, 7) is 0. The van der Waals surface area contributed by atoms with Gasteiger partial charge in [0.1, 0.15) is 0 Å². The Labute approximate surface area is 94.2 Å². The van der Waals surface area contributed by atoms with E-state index < -0.39 is 0 Å². The third-order valence-electron chi connectivity index (χ3n) is 3.13. The maximum absolute atomic E-state index is 3.64. The van der Waals surface area contributed by atoms with E-state index in [-0.39, 0.29) is 0 Å². The lowest BCUT2D eigenvalue weighted by Gasteiger charge is -2.30. The largest absolute Gasteiger partial charge is 0.306 e. The lowest BCUT2D eigenvalue weighted by atomic mass is 9.88. The molecule has 1 atom stereocenters. The summed E-state index contributed by atoms with van der Waals surface area (Å²) < 4.78 is 1.28. The highest BCUT2D eigenvalue weighted by molar-refractivity contribution is 9.10. The van der Waals surface area contributed by atoms with Gasteiger partial charge in [-0.2, -0.15) is 0 Å². The van der Waals surface area contributed by atoms with E-state index in [1.807, 2.05) is 0 Å². The Hall–Kier alpha value is -0.340. The maximum Gasteiger partial charge on any atom is 0.0210 e. The van der Waals surface area contributed by atoms with Crippen molar-refractivity contribution >= 4 is 15.9 Å². The van der Waals surface area contributed by atoms with Gasteiger partial charge in [-0.05, 0) is 50.6 Å². The molecule has 1 aromatic rings. The van der Waals surface area contributed by atoms with Crippen LogP contribution in [-0.4, -0.2) is 25.0 Å². The average Bonchev–Trinajstić information content (AvgIpc) is 2.18. The molecule has 0 heterocycles. The van der Waals surface area contributed by atoms with E-state index in [9.17, 15) is 0 Å². The third-order valence-corrected chi connectivity index (χ3v) is 3.88. The van der Waals surface area contributed by atoms with Crippen LogP contribution in [0.5, 0.6) is 0 Å². The topological polar surface area (TPSA) is 3.24 Å². The van der Waals surface area contributed by atoms with E-state index >= 15 is 0 Å². The summed E-state index contributed by atoms with van der Waals surface area (Å²) in [5.74, 6) is 0. The molecule has 1 nitrogen and oxygen atoms in total. The summed E-state index contributed by atoms with van der Waals surface area (Å²) in [7, 11) is 4.35. The normalized spacial score (nSPS) is 21.0. The van der Waals surface area contributed by atoms with Crippen molar-refractivity contribution in [2.24, 2.45) is 0 Å². The van der Waals surface area contributed by atoms with Crippen molar-refractivity contribution in [1.29, 1.82) is 0 Å². The molecule has 1 aliphatic rings. The molecule has 2 heteroatoms. The fraction of sp³-hybridized carbons (Fsp3) is 0.500. The molecule has 1 unspecified atom stereocenters. The lowest BCUT2D eigenvalue weighted by molar-refractivity contribution is 0.268. The Morgan fingerprint density at radius 1 is 1.36 bits per heavy atom. The summed E-state index contributed by atoms with van der Waals surface area (Å²) in [5.41, 5.74) is 3.04. The smallest absolute Gasteiger partial charge is 0.0210 e. The second-order valence-corrected chi connectivity index (χ2v) is 5.09. The highest BCUT2D eigenvalue weighted by atomic mass is 79.9. The average molecular weight is 254 g/mol. The van der Waals surface area contributed by atoms with Crippen molar-refractivity contribution < 1.29 is 0 Å². The Morgan fingerprint density at radius 3 is 2.86 bits per heavy atom. The zero-order chi connectivity index (χ0) is 10.1. The Bertz CT molecular complexity index is 333. The van der Waals surface area contributed by atoms with Gasteiger partial charge in [-0.25, -0.2) is 0 Å². The van der Waals surface area contributed by atoms with Crippen LogP contribution < -0.4 is 0 Å². The molecule has 0 radical (unpaired) electrons. The number of aryl methyl sites for hydroxylation is 1. The zero-order valence-corrected chi connectivity index (χ0v) is 10.3. The molecule has 0 fully saturated rings. The summed E-state index contributed by atoms with van der Waals surface area (Å²) in [6.07, 6.45) is 3.69. The Morgan fingerprint density at radius 2 is 2.14 bits per heavy atom. The van der Waals surface area contributed by atoms with Crippen molar-refractivity contribution in [1.82, 2.24) is 4.90 Å². The van der Waals surface area contributed by atoms with E-state index in [1.54, 1.807) is 0 Å². The Kier molecular flexibility index (Phi) is 2.93. The molecular weight excluding hydrogens is 238 g/mol. The van der Waals surface area contributed by atoms with Gasteiger partial charge >= 0.3 is 0 Å². The van der Waals surface area contributed by atoms with Crippen LogP contribution >= 0.6 is 15.9 Å². The van der Waals surface area contributed by atoms with Crippen molar-refractivity contribution in [3.63, 3.8) is 0 Å². The van der Waals surface area contributed by atoms with Gasteiger partial charge in [-0.15, -0.1) is 0 Å². The highest BCUT2D eigenvalue weighted by Gasteiger charge is 2.21. The molecule has 0 saturated heterocycles. The first kappa shape index (κ1) is 10.2. The molecule has 0 aromatic heterocycles. The van der Waals surface area contributed by atoms with E-state index in [2.05, 4.69) is 53.1 Å². The second-order valence-electron chi connectivity index (χ2n) is 4.24. The minimum Gasteiger partial charge on any atom is -0.306 e. The molecule has 0 amide bonds. The van der Waals surface area contributed by atoms with Crippen LogP contribution in [0.25, 0.3) is 0 Å². The quantitative estimate of drug-likeness (QED) is 0.744. The van der Waals surface area contributed by atoms with Crippen molar-refractivity contribution in [2.75, 3.05) is 14.1 Å². The van der Waals surface area contributed by atoms with Crippen LogP contribution in [0.4, 0.5) is 0 Å². The van der Waals surface area contributed by atoms with Crippen LogP contribution in [0.2, 0.25) is 0 Å². The van der Waals surface area contributed by atoms with E-state index in [0.29, 0.717) is 6.04 Å². The fourth-order valence-corrected chi connectivity index (χ4v) is 2.74. The van der Waals surface area contributed by atoms with Gasteiger partial charge in [0, 0.05) is 10.5 Å². The van der Waals surface area contributed by atoms with E-state index in [0.717, 1.165) is 0 Å². The molecule has 0 saturated carbocycles. The van der Waals surface area contributed by atoms with Gasteiger partial charge in [0.2, 0.25) is 0 Å². The monoisotopic (exact) mass is 253 g/mol. The standard InChI is InChI=1S/C12H16BrN/c1-14(2)10-7-6-9-4-3-5-12(13)11(9)8-10/h3-5,10H,6-8H2,1-2H3. The predicted octanol–water partition coefficient (Wildman–Crippen LogP) is 2.87. The number of hydrogen-bond acceptors (Lipinski definition) is 1.